The van der Waals surface area contributed by atoms with E-state index >= 15 is 0 Å². The van der Waals surface area contributed by atoms with Gasteiger partial charge in [0.25, 0.3) is 0 Å². The molecule has 1 amide bonds. The second-order valence-corrected chi connectivity index (χ2v) is 5.13. The smallest absolute Gasteiger partial charge is 0.240 e. The Morgan fingerprint density at radius 2 is 2.00 bits per heavy atom. The molecule has 1 aromatic rings. The maximum atomic E-state index is 11.8. The lowest BCUT2D eigenvalue weighted by molar-refractivity contribution is -0.123. The van der Waals surface area contributed by atoms with Crippen LogP contribution in [-0.4, -0.2) is 21.8 Å². The van der Waals surface area contributed by atoms with Gasteiger partial charge in [-0.3, -0.25) is 9.59 Å². The molecule has 1 heterocycles. The van der Waals surface area contributed by atoms with Gasteiger partial charge in [0.15, 0.2) is 5.78 Å². The molecule has 4 nitrogen and oxygen atoms in total. The SMILES string of the molecule is CCC(=O)c1ccn(CC(=O)NC(C)(C)CC)c1. The molecule has 0 unspecified atom stereocenters. The monoisotopic (exact) mass is 250 g/mol. The highest BCUT2D eigenvalue weighted by atomic mass is 16.2. The number of hydrogen-bond acceptors (Lipinski definition) is 2. The Balaban J connectivity index is 2.60. The Morgan fingerprint density at radius 1 is 1.33 bits per heavy atom. The minimum atomic E-state index is -0.188. The van der Waals surface area contributed by atoms with Gasteiger partial charge in [0.1, 0.15) is 6.54 Å². The van der Waals surface area contributed by atoms with Crippen LogP contribution in [0.3, 0.4) is 0 Å². The molecule has 0 fully saturated rings. The van der Waals surface area contributed by atoms with Crippen molar-refractivity contribution in [2.24, 2.45) is 0 Å². The summed E-state index contributed by atoms with van der Waals surface area (Å²) < 4.78 is 1.74. The van der Waals surface area contributed by atoms with Gasteiger partial charge >= 0.3 is 0 Å². The van der Waals surface area contributed by atoms with Gasteiger partial charge in [-0.25, -0.2) is 0 Å². The molecular formula is C14H22N2O2. The number of hydrogen-bond donors (Lipinski definition) is 1. The normalized spacial score (nSPS) is 11.3. The number of nitrogens with zero attached hydrogens (tertiary/aromatic N) is 1. The molecule has 0 atom stereocenters. The van der Waals surface area contributed by atoms with E-state index < -0.39 is 0 Å². The molecule has 0 saturated carbocycles. The molecule has 0 aliphatic heterocycles. The second kappa shape index (κ2) is 5.85. The van der Waals surface area contributed by atoms with Crippen molar-refractivity contribution >= 4 is 11.7 Å². The molecule has 1 N–H and O–H groups in total. The summed E-state index contributed by atoms with van der Waals surface area (Å²) in [5, 5.41) is 2.96. The van der Waals surface area contributed by atoms with Crippen molar-refractivity contribution in [1.82, 2.24) is 9.88 Å². The molecule has 18 heavy (non-hydrogen) atoms. The maximum absolute atomic E-state index is 11.8. The van der Waals surface area contributed by atoms with Crippen LogP contribution in [-0.2, 0) is 11.3 Å². The van der Waals surface area contributed by atoms with E-state index in [-0.39, 0.29) is 23.8 Å². The second-order valence-electron chi connectivity index (χ2n) is 5.13. The largest absolute Gasteiger partial charge is 0.350 e. The highest BCUT2D eigenvalue weighted by Gasteiger charge is 2.17. The van der Waals surface area contributed by atoms with Crippen LogP contribution in [0.25, 0.3) is 0 Å². The van der Waals surface area contributed by atoms with Gasteiger partial charge in [0.05, 0.1) is 0 Å². The summed E-state index contributed by atoms with van der Waals surface area (Å²) in [7, 11) is 0. The standard InChI is InChI=1S/C14H22N2O2/c1-5-12(17)11-7-8-16(9-11)10-13(18)15-14(3,4)6-2/h7-9H,5-6,10H2,1-4H3,(H,15,18). The first kappa shape index (κ1) is 14.5. The van der Waals surface area contributed by atoms with E-state index in [9.17, 15) is 9.59 Å². The van der Waals surface area contributed by atoms with E-state index in [4.69, 9.17) is 0 Å². The van der Waals surface area contributed by atoms with Gasteiger partial charge in [-0.05, 0) is 26.3 Å². The summed E-state index contributed by atoms with van der Waals surface area (Å²) in [5.74, 6) is 0.0657. The molecule has 0 bridgehead atoms. The number of Topliss-reactive ketones (excluding diaryl/α,β-unsaturated/α-hetero) is 1. The Morgan fingerprint density at radius 3 is 2.56 bits per heavy atom. The predicted molar refractivity (Wildman–Crippen MR) is 71.6 cm³/mol. The third kappa shape index (κ3) is 4.02. The Kier molecular flexibility index (Phi) is 4.70. The van der Waals surface area contributed by atoms with Crippen LogP contribution in [0.15, 0.2) is 18.5 Å². The molecule has 100 valence electrons. The van der Waals surface area contributed by atoms with E-state index in [0.29, 0.717) is 12.0 Å². The molecule has 4 heteroatoms. The number of carbonyl (C=O) groups is 2. The molecule has 0 aliphatic rings. The molecule has 0 saturated heterocycles. The van der Waals surface area contributed by atoms with Crippen molar-refractivity contribution in [2.45, 2.75) is 52.6 Å². The summed E-state index contributed by atoms with van der Waals surface area (Å²) >= 11 is 0. The fraction of sp³-hybridized carbons (Fsp3) is 0.571. The van der Waals surface area contributed by atoms with E-state index in [0.717, 1.165) is 6.42 Å². The van der Waals surface area contributed by atoms with E-state index in [2.05, 4.69) is 5.32 Å². The van der Waals surface area contributed by atoms with Crippen LogP contribution in [0.2, 0.25) is 0 Å². The Hall–Kier alpha value is -1.58. The van der Waals surface area contributed by atoms with Crippen molar-refractivity contribution in [3.63, 3.8) is 0 Å². The van der Waals surface area contributed by atoms with Crippen LogP contribution in [0.4, 0.5) is 0 Å². The molecule has 0 radical (unpaired) electrons. The summed E-state index contributed by atoms with van der Waals surface area (Å²) in [5.41, 5.74) is 0.479. The zero-order chi connectivity index (χ0) is 13.8. The van der Waals surface area contributed by atoms with Gasteiger partial charge < -0.3 is 9.88 Å². The third-order valence-corrected chi connectivity index (χ3v) is 3.08. The van der Waals surface area contributed by atoms with Crippen molar-refractivity contribution < 1.29 is 9.59 Å². The number of carbonyl (C=O) groups excluding carboxylic acids is 2. The van der Waals surface area contributed by atoms with Crippen molar-refractivity contribution in [2.75, 3.05) is 0 Å². The van der Waals surface area contributed by atoms with Gasteiger partial charge in [-0.1, -0.05) is 13.8 Å². The third-order valence-electron chi connectivity index (χ3n) is 3.08. The van der Waals surface area contributed by atoms with Crippen molar-refractivity contribution in [3.8, 4) is 0 Å². The first-order valence-corrected chi connectivity index (χ1v) is 6.38. The number of ketones is 1. The van der Waals surface area contributed by atoms with Crippen LogP contribution in [0.5, 0.6) is 0 Å². The van der Waals surface area contributed by atoms with E-state index in [1.165, 1.54) is 0 Å². The lowest BCUT2D eigenvalue weighted by atomic mass is 10.0. The molecule has 1 aromatic heterocycles. The lowest BCUT2D eigenvalue weighted by Gasteiger charge is -2.24. The molecule has 0 spiro atoms. The van der Waals surface area contributed by atoms with Gasteiger partial charge in [-0.2, -0.15) is 0 Å². The summed E-state index contributed by atoms with van der Waals surface area (Å²) in [4.78, 5) is 23.3. The average Bonchev–Trinajstić information content (AvgIpc) is 2.75. The summed E-state index contributed by atoms with van der Waals surface area (Å²) in [6, 6.07) is 1.75. The average molecular weight is 250 g/mol. The van der Waals surface area contributed by atoms with Crippen LogP contribution in [0.1, 0.15) is 50.9 Å². The summed E-state index contributed by atoms with van der Waals surface area (Å²) in [6.45, 7) is 8.10. The zero-order valence-electron chi connectivity index (χ0n) is 11.6. The Labute approximate surface area is 108 Å². The fourth-order valence-electron chi connectivity index (χ4n) is 1.58. The van der Waals surface area contributed by atoms with Crippen LogP contribution in [0, 0.1) is 0 Å². The number of amides is 1. The van der Waals surface area contributed by atoms with E-state index in [1.54, 1.807) is 23.0 Å². The van der Waals surface area contributed by atoms with Crippen molar-refractivity contribution in [3.05, 3.63) is 24.0 Å². The first-order valence-electron chi connectivity index (χ1n) is 6.38. The minimum absolute atomic E-state index is 0.0343. The fourth-order valence-corrected chi connectivity index (χ4v) is 1.58. The summed E-state index contributed by atoms with van der Waals surface area (Å²) in [6.07, 6.45) is 4.86. The number of rotatable bonds is 6. The number of aromatic nitrogens is 1. The quantitative estimate of drug-likeness (QED) is 0.788. The van der Waals surface area contributed by atoms with Gasteiger partial charge in [-0.15, -0.1) is 0 Å². The molecule has 1 rings (SSSR count). The van der Waals surface area contributed by atoms with Gasteiger partial charge in [0.2, 0.25) is 5.91 Å². The molecule has 0 aromatic carbocycles. The maximum Gasteiger partial charge on any atom is 0.240 e. The number of nitrogens with one attached hydrogen (secondary N) is 1. The highest BCUT2D eigenvalue weighted by molar-refractivity contribution is 5.95. The minimum Gasteiger partial charge on any atom is -0.350 e. The van der Waals surface area contributed by atoms with Crippen LogP contribution < -0.4 is 5.32 Å². The van der Waals surface area contributed by atoms with Crippen LogP contribution >= 0.6 is 0 Å². The lowest BCUT2D eigenvalue weighted by Crippen LogP contribution is -2.44. The topological polar surface area (TPSA) is 51.1 Å². The molecular weight excluding hydrogens is 228 g/mol. The zero-order valence-corrected chi connectivity index (χ0v) is 11.6. The van der Waals surface area contributed by atoms with E-state index in [1.807, 2.05) is 27.7 Å². The van der Waals surface area contributed by atoms with Gasteiger partial charge in [0, 0.05) is 29.9 Å². The highest BCUT2D eigenvalue weighted by Crippen LogP contribution is 2.08. The Bertz CT molecular complexity index is 433. The molecule has 0 aliphatic carbocycles. The first-order chi connectivity index (χ1) is 8.38. The van der Waals surface area contributed by atoms with Crippen molar-refractivity contribution in [1.29, 1.82) is 0 Å². The predicted octanol–water partition coefficient (Wildman–Crippen LogP) is 2.39.